The third-order valence-corrected chi connectivity index (χ3v) is 4.54. The van der Waals surface area contributed by atoms with Crippen molar-refractivity contribution < 1.29 is 4.57 Å². The van der Waals surface area contributed by atoms with Crippen LogP contribution in [0.15, 0.2) is 60.7 Å². The summed E-state index contributed by atoms with van der Waals surface area (Å²) in [6.07, 6.45) is 12.6. The van der Waals surface area contributed by atoms with Gasteiger partial charge in [0, 0.05) is 23.6 Å². The number of hydrogen-bond acceptors (Lipinski definition) is 1. The summed E-state index contributed by atoms with van der Waals surface area (Å²) in [6, 6.07) is 13.0. The molecule has 1 nitrogen and oxygen atoms in total. The maximum absolute atomic E-state index is 2.26. The van der Waals surface area contributed by atoms with Crippen LogP contribution in [0.5, 0.6) is 0 Å². The molecule has 4 rings (SSSR count). The number of thiazole rings is 1. The number of fused-ring (bicyclic) bond motifs is 5. The van der Waals surface area contributed by atoms with Gasteiger partial charge in [-0.3, -0.25) is 0 Å². The molecule has 0 amide bonds. The number of aromatic nitrogens is 1. The number of hydrogen-bond donors (Lipinski definition) is 0. The third-order valence-electron chi connectivity index (χ3n) is 3.37. The molecule has 0 fully saturated rings. The summed E-state index contributed by atoms with van der Waals surface area (Å²) in [6.45, 7) is 0. The average Bonchev–Trinajstić information content (AvgIpc) is 2.76. The molecule has 0 unspecified atom stereocenters. The van der Waals surface area contributed by atoms with E-state index in [9.17, 15) is 0 Å². The second-order valence-electron chi connectivity index (χ2n) is 4.53. The van der Waals surface area contributed by atoms with Gasteiger partial charge in [0.25, 0.3) is 5.01 Å². The van der Waals surface area contributed by atoms with Crippen LogP contribution in [0, 0.1) is 0 Å². The predicted octanol–water partition coefficient (Wildman–Crippen LogP) is 4.40. The highest BCUT2D eigenvalue weighted by molar-refractivity contribution is 7.19. The topological polar surface area (TPSA) is 3.88 Å². The molecule has 3 aromatic rings. The summed E-state index contributed by atoms with van der Waals surface area (Å²) in [7, 11) is 0. The lowest BCUT2D eigenvalue weighted by Gasteiger charge is -1.95. The average molecular weight is 262 g/mol. The second-order valence-corrected chi connectivity index (χ2v) is 5.56. The van der Waals surface area contributed by atoms with Crippen LogP contribution in [0.1, 0.15) is 5.01 Å². The highest BCUT2D eigenvalue weighted by Crippen LogP contribution is 2.30. The minimum atomic E-state index is 1.26. The Labute approximate surface area is 115 Å². The van der Waals surface area contributed by atoms with Crippen molar-refractivity contribution in [2.75, 3.05) is 0 Å². The van der Waals surface area contributed by atoms with Gasteiger partial charge in [0.1, 0.15) is 4.70 Å². The summed E-state index contributed by atoms with van der Waals surface area (Å²) in [5.74, 6) is 0. The molecule has 0 bridgehead atoms. The molecule has 2 heterocycles. The summed E-state index contributed by atoms with van der Waals surface area (Å²) < 4.78 is 3.61. The minimum absolute atomic E-state index is 1.26. The first-order valence-electron chi connectivity index (χ1n) is 6.31. The summed E-state index contributed by atoms with van der Waals surface area (Å²) in [4.78, 5) is 0. The van der Waals surface area contributed by atoms with E-state index in [0.717, 1.165) is 0 Å². The normalized spacial score (nSPS) is 18.7. The molecule has 0 radical (unpaired) electrons. The lowest BCUT2D eigenvalue weighted by atomic mass is 10.1. The van der Waals surface area contributed by atoms with Gasteiger partial charge in [0.15, 0.2) is 6.20 Å². The van der Waals surface area contributed by atoms with Gasteiger partial charge in [0.2, 0.25) is 5.52 Å². The Morgan fingerprint density at radius 2 is 1.74 bits per heavy atom. The molecular formula is C17H12NS+. The van der Waals surface area contributed by atoms with Gasteiger partial charge in [0.05, 0.1) is 0 Å². The molecular weight excluding hydrogens is 250 g/mol. The van der Waals surface area contributed by atoms with Gasteiger partial charge in [-0.05, 0) is 11.5 Å². The van der Waals surface area contributed by atoms with E-state index in [-0.39, 0.29) is 0 Å². The SMILES string of the molecule is C1=C\C=C/[n+]2c(sc3c4ccccc4ccc32)\C=C/1. The Balaban J connectivity index is 2.16. The summed E-state index contributed by atoms with van der Waals surface area (Å²) in [5, 5.41) is 3.89. The first kappa shape index (κ1) is 10.7. The monoisotopic (exact) mass is 262 g/mol. The van der Waals surface area contributed by atoms with Crippen LogP contribution < -0.4 is 4.57 Å². The number of nitrogens with zero attached hydrogens (tertiary/aromatic N) is 1. The lowest BCUT2D eigenvalue weighted by Crippen LogP contribution is -2.27. The van der Waals surface area contributed by atoms with Gasteiger partial charge in [-0.15, -0.1) is 0 Å². The molecule has 0 spiro atoms. The molecule has 0 aliphatic carbocycles. The van der Waals surface area contributed by atoms with Crippen molar-refractivity contribution >= 4 is 44.6 Å². The number of allylic oxidation sites excluding steroid dienone is 4. The predicted molar refractivity (Wildman–Crippen MR) is 83.0 cm³/mol. The minimum Gasteiger partial charge on any atom is -0.150 e. The van der Waals surface area contributed by atoms with Crippen LogP contribution >= 0.6 is 11.3 Å². The van der Waals surface area contributed by atoms with Gasteiger partial charge < -0.3 is 0 Å². The van der Waals surface area contributed by atoms with E-state index in [1.165, 1.54) is 26.0 Å². The molecule has 1 aliphatic rings. The Morgan fingerprint density at radius 1 is 0.842 bits per heavy atom. The molecule has 2 heteroatoms. The molecule has 0 atom stereocenters. The van der Waals surface area contributed by atoms with E-state index < -0.39 is 0 Å². The Bertz CT molecular complexity index is 865. The Kier molecular flexibility index (Phi) is 2.35. The molecule has 2 aromatic carbocycles. The van der Waals surface area contributed by atoms with E-state index in [2.05, 4.69) is 77.5 Å². The van der Waals surface area contributed by atoms with Crippen LogP contribution in [-0.2, 0) is 0 Å². The first-order chi connectivity index (χ1) is 9.43. The van der Waals surface area contributed by atoms with E-state index in [1.54, 1.807) is 0 Å². The van der Waals surface area contributed by atoms with E-state index in [0.29, 0.717) is 0 Å². The fourth-order valence-electron chi connectivity index (χ4n) is 2.47. The van der Waals surface area contributed by atoms with Crippen LogP contribution in [0.4, 0.5) is 0 Å². The van der Waals surface area contributed by atoms with Crippen molar-refractivity contribution in [3.05, 3.63) is 65.7 Å². The van der Waals surface area contributed by atoms with Crippen LogP contribution in [-0.4, -0.2) is 0 Å². The number of rotatable bonds is 0. The van der Waals surface area contributed by atoms with E-state index in [1.807, 2.05) is 11.3 Å². The fraction of sp³-hybridized carbons (Fsp3) is 0. The maximum atomic E-state index is 2.26. The standard InChI is InChI=1S/C17H12NS/c1-2-6-12-18-15-11-10-13-7-4-5-8-14(13)17(15)19-16(18)9-3-1/h1-12H/q+1/b2-1-,3-1?,6-2?,9-3-,12-6-,16-9?,18-12?. The summed E-state index contributed by atoms with van der Waals surface area (Å²) in [5.41, 5.74) is 1.27. The molecule has 19 heavy (non-hydrogen) atoms. The lowest BCUT2D eigenvalue weighted by molar-refractivity contribution is -0.535. The third kappa shape index (κ3) is 1.65. The van der Waals surface area contributed by atoms with Crippen molar-refractivity contribution in [1.29, 1.82) is 0 Å². The molecule has 0 N–H and O–H groups in total. The Hall–Kier alpha value is -2.19. The number of benzene rings is 2. The molecule has 1 aliphatic heterocycles. The maximum Gasteiger partial charge on any atom is 0.268 e. The van der Waals surface area contributed by atoms with Crippen molar-refractivity contribution in [1.82, 2.24) is 0 Å². The largest absolute Gasteiger partial charge is 0.268 e. The molecule has 90 valence electrons. The van der Waals surface area contributed by atoms with Crippen LogP contribution in [0.3, 0.4) is 0 Å². The van der Waals surface area contributed by atoms with Gasteiger partial charge in [-0.1, -0.05) is 53.8 Å². The van der Waals surface area contributed by atoms with Gasteiger partial charge in [-0.2, -0.15) is 4.57 Å². The zero-order chi connectivity index (χ0) is 12.7. The zero-order valence-corrected chi connectivity index (χ0v) is 11.1. The Morgan fingerprint density at radius 3 is 2.74 bits per heavy atom. The van der Waals surface area contributed by atoms with Crippen LogP contribution in [0.2, 0.25) is 0 Å². The van der Waals surface area contributed by atoms with Gasteiger partial charge >= 0.3 is 0 Å². The molecule has 0 saturated carbocycles. The first-order valence-corrected chi connectivity index (χ1v) is 7.12. The zero-order valence-electron chi connectivity index (χ0n) is 10.3. The van der Waals surface area contributed by atoms with Crippen LogP contribution in [0.25, 0.3) is 33.3 Å². The van der Waals surface area contributed by atoms with E-state index >= 15 is 0 Å². The highest BCUT2D eigenvalue weighted by Gasteiger charge is 2.18. The second kappa shape index (κ2) is 4.18. The summed E-state index contributed by atoms with van der Waals surface area (Å²) >= 11 is 1.84. The van der Waals surface area contributed by atoms with Crippen molar-refractivity contribution in [2.45, 2.75) is 0 Å². The molecule has 0 saturated heterocycles. The van der Waals surface area contributed by atoms with Gasteiger partial charge in [-0.25, -0.2) is 0 Å². The van der Waals surface area contributed by atoms with E-state index in [4.69, 9.17) is 0 Å². The fourth-order valence-corrected chi connectivity index (χ4v) is 3.65. The van der Waals surface area contributed by atoms with Crippen molar-refractivity contribution in [3.63, 3.8) is 0 Å². The highest BCUT2D eigenvalue weighted by atomic mass is 32.1. The van der Waals surface area contributed by atoms with Crippen molar-refractivity contribution in [2.24, 2.45) is 0 Å². The van der Waals surface area contributed by atoms with Crippen molar-refractivity contribution in [3.8, 4) is 0 Å². The quantitative estimate of drug-likeness (QED) is 0.529. The smallest absolute Gasteiger partial charge is 0.150 e. The molecule has 1 aromatic heterocycles.